The summed E-state index contributed by atoms with van der Waals surface area (Å²) in [7, 11) is 0. The number of nitrogen functional groups attached to an aromatic ring is 1. The smallest absolute Gasteiger partial charge is 0.225 e. The molecular formula is C13H17N7O. The Kier molecular flexibility index (Phi) is 2.88. The Morgan fingerprint density at radius 3 is 2.86 bits per heavy atom. The molecule has 4 heterocycles. The maximum atomic E-state index is 6.02. The van der Waals surface area contributed by atoms with Crippen LogP contribution in [0.3, 0.4) is 0 Å². The van der Waals surface area contributed by atoms with E-state index in [9.17, 15) is 0 Å². The molecule has 0 spiro atoms. The van der Waals surface area contributed by atoms with Gasteiger partial charge in [0, 0.05) is 38.7 Å². The van der Waals surface area contributed by atoms with Gasteiger partial charge in [0.25, 0.3) is 0 Å². The van der Waals surface area contributed by atoms with Gasteiger partial charge in [-0.25, -0.2) is 4.98 Å². The molecule has 2 aliphatic heterocycles. The highest BCUT2D eigenvalue weighted by atomic mass is 16.5. The molecule has 21 heavy (non-hydrogen) atoms. The van der Waals surface area contributed by atoms with Gasteiger partial charge in [0.1, 0.15) is 5.82 Å². The molecular weight excluding hydrogens is 270 g/mol. The first kappa shape index (κ1) is 12.4. The lowest BCUT2D eigenvalue weighted by molar-refractivity contribution is 0.305. The normalized spacial score (nSPS) is 18.9. The monoisotopic (exact) mass is 287 g/mol. The minimum absolute atomic E-state index is 0.346. The van der Waals surface area contributed by atoms with Crippen LogP contribution in [0.2, 0.25) is 0 Å². The number of aromatic nitrogens is 4. The largest absolute Gasteiger partial charge is 0.490 e. The molecule has 0 amide bonds. The van der Waals surface area contributed by atoms with Crippen LogP contribution in [0, 0.1) is 0 Å². The number of hydrogen-bond acceptors (Lipinski definition) is 7. The summed E-state index contributed by atoms with van der Waals surface area (Å²) < 4.78 is 7.06. The van der Waals surface area contributed by atoms with Gasteiger partial charge in [-0.1, -0.05) is 0 Å². The van der Waals surface area contributed by atoms with Gasteiger partial charge in [-0.3, -0.25) is 0 Å². The third-order valence-electron chi connectivity index (χ3n) is 3.70. The molecule has 4 rings (SSSR count). The van der Waals surface area contributed by atoms with E-state index in [0.29, 0.717) is 24.0 Å². The summed E-state index contributed by atoms with van der Waals surface area (Å²) in [6, 6.07) is 1.92. The summed E-state index contributed by atoms with van der Waals surface area (Å²) in [4.78, 5) is 11.1. The molecule has 2 aromatic rings. The van der Waals surface area contributed by atoms with Crippen LogP contribution in [-0.4, -0.2) is 52.4 Å². The molecule has 1 fully saturated rings. The standard InChI is InChI=1S/C13H17N7O/c14-13-17-10(19-5-3-15-4-6-19)8-11-16-12(18-20(11)13)9-2-1-7-21-9/h2,8,15H,1,3-7H2,(H2,14,17). The fourth-order valence-electron chi connectivity index (χ4n) is 2.63. The summed E-state index contributed by atoms with van der Waals surface area (Å²) in [6.07, 6.45) is 2.89. The van der Waals surface area contributed by atoms with E-state index in [2.05, 4.69) is 25.3 Å². The van der Waals surface area contributed by atoms with E-state index in [1.807, 2.05) is 12.1 Å². The number of fused-ring (bicyclic) bond motifs is 1. The van der Waals surface area contributed by atoms with Crippen molar-refractivity contribution in [1.82, 2.24) is 24.9 Å². The quantitative estimate of drug-likeness (QED) is 0.795. The number of nitrogens with two attached hydrogens (primary N) is 1. The highest BCUT2D eigenvalue weighted by molar-refractivity contribution is 5.61. The Morgan fingerprint density at radius 1 is 1.24 bits per heavy atom. The lowest BCUT2D eigenvalue weighted by atomic mass is 10.3. The van der Waals surface area contributed by atoms with Crippen LogP contribution >= 0.6 is 0 Å². The predicted molar refractivity (Wildman–Crippen MR) is 78.8 cm³/mol. The fourth-order valence-corrected chi connectivity index (χ4v) is 2.63. The molecule has 8 heteroatoms. The van der Waals surface area contributed by atoms with Crippen LogP contribution in [0.25, 0.3) is 11.4 Å². The Labute approximate surface area is 121 Å². The van der Waals surface area contributed by atoms with Crippen molar-refractivity contribution in [2.45, 2.75) is 6.42 Å². The van der Waals surface area contributed by atoms with Crippen molar-refractivity contribution in [3.05, 3.63) is 18.0 Å². The summed E-state index contributed by atoms with van der Waals surface area (Å²) in [5.74, 6) is 2.49. The molecule has 2 aromatic heterocycles. The third kappa shape index (κ3) is 2.17. The Hall–Kier alpha value is -2.35. The van der Waals surface area contributed by atoms with E-state index in [1.54, 1.807) is 4.52 Å². The van der Waals surface area contributed by atoms with Crippen LogP contribution in [0.1, 0.15) is 12.2 Å². The summed E-state index contributed by atoms with van der Waals surface area (Å²) in [5.41, 5.74) is 6.72. The van der Waals surface area contributed by atoms with Crippen molar-refractivity contribution in [2.24, 2.45) is 0 Å². The zero-order chi connectivity index (χ0) is 14.2. The zero-order valence-corrected chi connectivity index (χ0v) is 11.6. The number of rotatable bonds is 2. The Morgan fingerprint density at radius 2 is 2.10 bits per heavy atom. The maximum Gasteiger partial charge on any atom is 0.225 e. The molecule has 0 radical (unpaired) electrons. The molecule has 0 saturated carbocycles. The number of hydrogen-bond donors (Lipinski definition) is 2. The van der Waals surface area contributed by atoms with Crippen LogP contribution in [0.4, 0.5) is 11.8 Å². The Bertz CT molecular complexity index is 702. The van der Waals surface area contributed by atoms with E-state index in [1.165, 1.54) is 0 Å². The second kappa shape index (κ2) is 4.88. The van der Waals surface area contributed by atoms with E-state index in [0.717, 1.165) is 44.2 Å². The van der Waals surface area contributed by atoms with Gasteiger partial charge in [-0.05, 0) is 6.08 Å². The van der Waals surface area contributed by atoms with Gasteiger partial charge in [0.05, 0.1) is 6.61 Å². The highest BCUT2D eigenvalue weighted by Gasteiger charge is 2.18. The van der Waals surface area contributed by atoms with Crippen molar-refractivity contribution in [3.8, 4) is 0 Å². The molecule has 8 nitrogen and oxygen atoms in total. The zero-order valence-electron chi connectivity index (χ0n) is 11.6. The second-order valence-corrected chi connectivity index (χ2v) is 5.12. The van der Waals surface area contributed by atoms with E-state index in [4.69, 9.17) is 10.5 Å². The van der Waals surface area contributed by atoms with Crippen LogP contribution in [0.5, 0.6) is 0 Å². The van der Waals surface area contributed by atoms with Crippen molar-refractivity contribution < 1.29 is 4.74 Å². The molecule has 0 unspecified atom stereocenters. The third-order valence-corrected chi connectivity index (χ3v) is 3.70. The molecule has 1 saturated heterocycles. The molecule has 3 N–H and O–H groups in total. The second-order valence-electron chi connectivity index (χ2n) is 5.12. The first-order valence-electron chi connectivity index (χ1n) is 7.13. The number of ether oxygens (including phenoxy) is 1. The first-order valence-corrected chi connectivity index (χ1v) is 7.13. The average molecular weight is 287 g/mol. The maximum absolute atomic E-state index is 6.02. The summed E-state index contributed by atoms with van der Waals surface area (Å²) in [5, 5.41) is 7.69. The van der Waals surface area contributed by atoms with E-state index >= 15 is 0 Å². The van der Waals surface area contributed by atoms with Gasteiger partial charge in [-0.2, -0.15) is 9.50 Å². The predicted octanol–water partition coefficient (Wildman–Crippen LogP) is -0.123. The van der Waals surface area contributed by atoms with Gasteiger partial charge < -0.3 is 20.7 Å². The first-order chi connectivity index (χ1) is 10.3. The number of nitrogens with one attached hydrogen (secondary N) is 1. The van der Waals surface area contributed by atoms with Gasteiger partial charge in [0.2, 0.25) is 11.8 Å². The topological polar surface area (TPSA) is 93.6 Å². The minimum Gasteiger partial charge on any atom is -0.490 e. The van der Waals surface area contributed by atoms with E-state index in [-0.39, 0.29) is 0 Å². The lowest BCUT2D eigenvalue weighted by Crippen LogP contribution is -2.44. The average Bonchev–Trinajstić information content (AvgIpc) is 3.17. The van der Waals surface area contributed by atoms with Gasteiger partial charge >= 0.3 is 0 Å². The molecule has 0 aliphatic carbocycles. The molecule has 2 aliphatic rings. The number of piperazine rings is 1. The van der Waals surface area contributed by atoms with Crippen molar-refractivity contribution in [2.75, 3.05) is 43.4 Å². The number of nitrogens with zero attached hydrogens (tertiary/aromatic N) is 5. The van der Waals surface area contributed by atoms with Crippen molar-refractivity contribution >= 4 is 23.2 Å². The minimum atomic E-state index is 0.346. The van der Waals surface area contributed by atoms with E-state index < -0.39 is 0 Å². The van der Waals surface area contributed by atoms with Crippen LogP contribution in [-0.2, 0) is 4.74 Å². The molecule has 110 valence electrons. The lowest BCUT2D eigenvalue weighted by Gasteiger charge is -2.28. The number of anilines is 2. The van der Waals surface area contributed by atoms with Crippen LogP contribution < -0.4 is 16.0 Å². The highest BCUT2D eigenvalue weighted by Crippen LogP contribution is 2.22. The van der Waals surface area contributed by atoms with Gasteiger partial charge in [-0.15, -0.1) is 5.10 Å². The van der Waals surface area contributed by atoms with Crippen molar-refractivity contribution in [1.29, 1.82) is 0 Å². The fraction of sp³-hybridized carbons (Fsp3) is 0.462. The van der Waals surface area contributed by atoms with Crippen molar-refractivity contribution in [3.63, 3.8) is 0 Å². The van der Waals surface area contributed by atoms with Crippen LogP contribution in [0.15, 0.2) is 12.1 Å². The van der Waals surface area contributed by atoms with Gasteiger partial charge in [0.15, 0.2) is 11.4 Å². The summed E-state index contributed by atoms with van der Waals surface area (Å²) in [6.45, 7) is 4.41. The summed E-state index contributed by atoms with van der Waals surface area (Å²) >= 11 is 0. The molecule has 0 bridgehead atoms. The molecule has 0 aromatic carbocycles. The SMILES string of the molecule is Nc1nc(N2CCNCC2)cc2nc(C3=CCCO3)nn12. The molecule has 0 atom stereocenters. The Balaban J connectivity index is 1.74.